The highest BCUT2D eigenvalue weighted by Crippen LogP contribution is 2.37. The van der Waals surface area contributed by atoms with E-state index < -0.39 is 17.4 Å². The van der Waals surface area contributed by atoms with Crippen LogP contribution in [0.3, 0.4) is 0 Å². The number of rotatable bonds is 3. The van der Waals surface area contributed by atoms with Gasteiger partial charge in [-0.25, -0.2) is 9.18 Å². The molecule has 5 heteroatoms. The van der Waals surface area contributed by atoms with Crippen molar-refractivity contribution in [1.29, 1.82) is 0 Å². The zero-order valence-corrected chi connectivity index (χ0v) is 13.6. The average Bonchev–Trinajstić information content (AvgIpc) is 2.84. The Labute approximate surface area is 138 Å². The molecule has 0 aliphatic heterocycles. The van der Waals surface area contributed by atoms with Crippen molar-refractivity contribution in [3.05, 3.63) is 58.9 Å². The second-order valence-electron chi connectivity index (χ2n) is 6.34. The van der Waals surface area contributed by atoms with Crippen molar-refractivity contribution in [1.82, 2.24) is 0 Å². The number of aliphatic hydroxyl groups is 1. The van der Waals surface area contributed by atoms with Crippen molar-refractivity contribution in [3.63, 3.8) is 0 Å². The van der Waals surface area contributed by atoms with Gasteiger partial charge in [0.05, 0.1) is 5.60 Å². The molecular weight excluding hydrogens is 311 g/mol. The molecule has 24 heavy (non-hydrogen) atoms. The summed E-state index contributed by atoms with van der Waals surface area (Å²) >= 11 is 0. The Bertz CT molecular complexity index is 931. The van der Waals surface area contributed by atoms with E-state index in [0.717, 1.165) is 5.56 Å². The van der Waals surface area contributed by atoms with Crippen LogP contribution in [0.2, 0.25) is 0 Å². The highest BCUT2D eigenvalue weighted by Gasteiger charge is 2.25. The van der Waals surface area contributed by atoms with E-state index in [1.807, 2.05) is 6.92 Å². The van der Waals surface area contributed by atoms with Gasteiger partial charge in [-0.1, -0.05) is 0 Å². The number of aromatic carboxylic acids is 1. The van der Waals surface area contributed by atoms with Crippen molar-refractivity contribution in [2.75, 3.05) is 0 Å². The van der Waals surface area contributed by atoms with Gasteiger partial charge in [0.1, 0.15) is 22.7 Å². The fourth-order valence-electron chi connectivity index (χ4n) is 2.93. The molecule has 1 heterocycles. The SMILES string of the molecule is Cc1cc2c(C(=O)O)c(-c3ccc(F)cc3)oc2cc1C(C)(C)O. The molecule has 0 amide bonds. The molecule has 0 unspecified atom stereocenters. The highest BCUT2D eigenvalue weighted by atomic mass is 19.1. The van der Waals surface area contributed by atoms with Crippen LogP contribution in [-0.4, -0.2) is 16.2 Å². The van der Waals surface area contributed by atoms with Crippen LogP contribution >= 0.6 is 0 Å². The Morgan fingerprint density at radius 3 is 2.33 bits per heavy atom. The summed E-state index contributed by atoms with van der Waals surface area (Å²) in [6.45, 7) is 5.12. The molecule has 0 fully saturated rings. The zero-order valence-electron chi connectivity index (χ0n) is 13.6. The molecule has 0 bridgehead atoms. The monoisotopic (exact) mass is 328 g/mol. The van der Waals surface area contributed by atoms with E-state index in [0.29, 0.717) is 22.1 Å². The first-order chi connectivity index (χ1) is 11.2. The largest absolute Gasteiger partial charge is 0.478 e. The van der Waals surface area contributed by atoms with Crippen LogP contribution < -0.4 is 0 Å². The van der Waals surface area contributed by atoms with Gasteiger partial charge in [-0.2, -0.15) is 0 Å². The number of carbonyl (C=O) groups is 1. The van der Waals surface area contributed by atoms with Crippen LogP contribution in [0.1, 0.15) is 35.3 Å². The van der Waals surface area contributed by atoms with E-state index in [1.54, 1.807) is 26.0 Å². The third kappa shape index (κ3) is 2.67. The summed E-state index contributed by atoms with van der Waals surface area (Å²) in [4.78, 5) is 11.7. The second-order valence-corrected chi connectivity index (χ2v) is 6.34. The number of aryl methyl sites for hydroxylation is 1. The number of fused-ring (bicyclic) bond motifs is 1. The van der Waals surface area contributed by atoms with Gasteiger partial charge in [0.25, 0.3) is 0 Å². The highest BCUT2D eigenvalue weighted by molar-refractivity contribution is 6.08. The quantitative estimate of drug-likeness (QED) is 0.744. The molecule has 0 saturated heterocycles. The number of carboxylic acids is 1. The van der Waals surface area contributed by atoms with Crippen molar-refractivity contribution in [3.8, 4) is 11.3 Å². The Balaban J connectivity index is 2.32. The normalized spacial score (nSPS) is 11.9. The van der Waals surface area contributed by atoms with E-state index in [9.17, 15) is 19.4 Å². The second kappa shape index (κ2) is 5.46. The van der Waals surface area contributed by atoms with Gasteiger partial charge in [-0.3, -0.25) is 0 Å². The van der Waals surface area contributed by atoms with Crippen molar-refractivity contribution in [2.45, 2.75) is 26.4 Å². The molecule has 1 aromatic heterocycles. The van der Waals surface area contributed by atoms with Crippen molar-refractivity contribution in [2.24, 2.45) is 0 Å². The molecular formula is C19H17FO4. The van der Waals surface area contributed by atoms with Crippen LogP contribution in [0, 0.1) is 12.7 Å². The summed E-state index contributed by atoms with van der Waals surface area (Å²) in [6.07, 6.45) is 0. The van der Waals surface area contributed by atoms with E-state index in [-0.39, 0.29) is 11.3 Å². The Kier molecular flexibility index (Phi) is 3.68. The predicted octanol–water partition coefficient (Wildman–Crippen LogP) is 4.47. The summed E-state index contributed by atoms with van der Waals surface area (Å²) in [7, 11) is 0. The first kappa shape index (κ1) is 16.2. The molecule has 3 rings (SSSR count). The van der Waals surface area contributed by atoms with Gasteiger partial charge in [0.2, 0.25) is 0 Å². The minimum Gasteiger partial charge on any atom is -0.478 e. The number of hydrogen-bond donors (Lipinski definition) is 2. The van der Waals surface area contributed by atoms with Crippen LogP contribution in [0.4, 0.5) is 4.39 Å². The molecule has 0 aliphatic carbocycles. The molecule has 0 aliphatic rings. The molecule has 0 radical (unpaired) electrons. The Hall–Kier alpha value is -2.66. The van der Waals surface area contributed by atoms with Crippen LogP contribution in [0.15, 0.2) is 40.8 Å². The fraction of sp³-hybridized carbons (Fsp3) is 0.211. The third-order valence-electron chi connectivity index (χ3n) is 4.01. The van der Waals surface area contributed by atoms with Gasteiger partial charge >= 0.3 is 5.97 Å². The number of benzene rings is 2. The molecule has 3 aromatic rings. The zero-order chi connectivity index (χ0) is 17.6. The minimum absolute atomic E-state index is 0.0296. The van der Waals surface area contributed by atoms with E-state index in [4.69, 9.17) is 4.42 Å². The lowest BCUT2D eigenvalue weighted by Gasteiger charge is -2.20. The number of furan rings is 1. The van der Waals surface area contributed by atoms with Gasteiger partial charge in [-0.05, 0) is 68.3 Å². The Morgan fingerprint density at radius 1 is 1.17 bits per heavy atom. The third-order valence-corrected chi connectivity index (χ3v) is 4.01. The molecule has 4 nitrogen and oxygen atoms in total. The lowest BCUT2D eigenvalue weighted by molar-refractivity contribution is 0.0698. The lowest BCUT2D eigenvalue weighted by Crippen LogP contribution is -2.16. The Morgan fingerprint density at radius 2 is 1.79 bits per heavy atom. The standard InChI is InChI=1S/C19H17FO4/c1-10-8-13-15(9-14(10)19(2,3)23)24-17(16(13)18(21)22)11-4-6-12(20)7-5-11/h4-9,23H,1-3H3,(H,21,22). The van der Waals surface area contributed by atoms with E-state index in [2.05, 4.69) is 0 Å². The maximum atomic E-state index is 13.1. The molecule has 0 saturated carbocycles. The molecule has 0 spiro atoms. The minimum atomic E-state index is -1.12. The first-order valence-electron chi connectivity index (χ1n) is 7.47. The topological polar surface area (TPSA) is 70.7 Å². The summed E-state index contributed by atoms with van der Waals surface area (Å²) in [5, 5.41) is 20.3. The number of hydrogen-bond acceptors (Lipinski definition) is 3. The van der Waals surface area contributed by atoms with Crippen LogP contribution in [0.25, 0.3) is 22.3 Å². The van der Waals surface area contributed by atoms with Crippen LogP contribution in [0.5, 0.6) is 0 Å². The maximum absolute atomic E-state index is 13.1. The summed E-state index contributed by atoms with van der Waals surface area (Å²) in [5.41, 5.74) is 1.23. The van der Waals surface area contributed by atoms with E-state index >= 15 is 0 Å². The molecule has 2 N–H and O–H groups in total. The van der Waals surface area contributed by atoms with Crippen molar-refractivity contribution >= 4 is 16.9 Å². The molecule has 2 aromatic carbocycles. The number of carboxylic acid groups (broad SMARTS) is 1. The summed E-state index contributed by atoms with van der Waals surface area (Å²) < 4.78 is 18.9. The maximum Gasteiger partial charge on any atom is 0.340 e. The summed E-state index contributed by atoms with van der Waals surface area (Å²) in [5.74, 6) is -1.36. The first-order valence-corrected chi connectivity index (χ1v) is 7.47. The summed E-state index contributed by atoms with van der Waals surface area (Å²) in [6, 6.07) is 8.81. The average molecular weight is 328 g/mol. The van der Waals surface area contributed by atoms with E-state index in [1.165, 1.54) is 24.3 Å². The predicted molar refractivity (Wildman–Crippen MR) is 88.5 cm³/mol. The van der Waals surface area contributed by atoms with Gasteiger partial charge in [0.15, 0.2) is 0 Å². The fourth-order valence-corrected chi connectivity index (χ4v) is 2.93. The van der Waals surface area contributed by atoms with Gasteiger partial charge in [0, 0.05) is 10.9 Å². The van der Waals surface area contributed by atoms with Gasteiger partial charge < -0.3 is 14.6 Å². The molecule has 124 valence electrons. The van der Waals surface area contributed by atoms with Crippen LogP contribution in [-0.2, 0) is 5.60 Å². The lowest BCUT2D eigenvalue weighted by atomic mass is 9.92. The van der Waals surface area contributed by atoms with Gasteiger partial charge in [-0.15, -0.1) is 0 Å². The van der Waals surface area contributed by atoms with Crippen molar-refractivity contribution < 1.29 is 23.8 Å². The number of halogens is 1. The smallest absolute Gasteiger partial charge is 0.340 e. The molecule has 0 atom stereocenters.